The lowest BCUT2D eigenvalue weighted by Gasteiger charge is -2.29. The average molecular weight is 233 g/mol. The van der Waals surface area contributed by atoms with Crippen molar-refractivity contribution in [2.45, 2.75) is 39.2 Å². The maximum atomic E-state index is 5.41. The Morgan fingerprint density at radius 3 is 2.82 bits per heavy atom. The lowest BCUT2D eigenvalue weighted by atomic mass is 9.92. The van der Waals surface area contributed by atoms with Gasteiger partial charge in [-0.1, -0.05) is 19.1 Å². The highest BCUT2D eigenvalue weighted by atomic mass is 16.5. The van der Waals surface area contributed by atoms with E-state index >= 15 is 0 Å². The molecule has 1 aromatic carbocycles. The molecule has 0 aromatic heterocycles. The first-order valence-electron chi connectivity index (χ1n) is 6.73. The summed E-state index contributed by atoms with van der Waals surface area (Å²) < 4.78 is 5.41. The van der Waals surface area contributed by atoms with Crippen LogP contribution in [0.15, 0.2) is 24.3 Å². The second-order valence-electron chi connectivity index (χ2n) is 4.94. The second-order valence-corrected chi connectivity index (χ2v) is 4.94. The first-order valence-corrected chi connectivity index (χ1v) is 6.73. The minimum Gasteiger partial charge on any atom is -0.382 e. The SMILES string of the molecule is CCc1cccc(NC(C)C2CCOCC2)c1. The number of hydrogen-bond acceptors (Lipinski definition) is 2. The highest BCUT2D eigenvalue weighted by Gasteiger charge is 2.20. The molecule has 2 nitrogen and oxygen atoms in total. The van der Waals surface area contributed by atoms with E-state index in [1.807, 2.05) is 0 Å². The van der Waals surface area contributed by atoms with Gasteiger partial charge in [-0.3, -0.25) is 0 Å². The van der Waals surface area contributed by atoms with Crippen molar-refractivity contribution in [2.24, 2.45) is 5.92 Å². The molecule has 94 valence electrons. The van der Waals surface area contributed by atoms with Gasteiger partial charge in [-0.25, -0.2) is 0 Å². The van der Waals surface area contributed by atoms with Gasteiger partial charge in [0.25, 0.3) is 0 Å². The van der Waals surface area contributed by atoms with Gasteiger partial charge in [-0.15, -0.1) is 0 Å². The highest BCUT2D eigenvalue weighted by molar-refractivity contribution is 5.46. The summed E-state index contributed by atoms with van der Waals surface area (Å²) in [5, 5.41) is 3.63. The van der Waals surface area contributed by atoms with Crippen LogP contribution < -0.4 is 5.32 Å². The number of nitrogens with one attached hydrogen (secondary N) is 1. The van der Waals surface area contributed by atoms with Crippen molar-refractivity contribution in [3.05, 3.63) is 29.8 Å². The van der Waals surface area contributed by atoms with E-state index < -0.39 is 0 Å². The fourth-order valence-electron chi connectivity index (χ4n) is 2.48. The molecular formula is C15H23NO. The standard InChI is InChI=1S/C15H23NO/c1-3-13-5-4-6-15(11-13)16-12(2)14-7-9-17-10-8-14/h4-6,11-12,14,16H,3,7-10H2,1-2H3. The molecule has 0 bridgehead atoms. The Bertz CT molecular complexity index is 345. The fourth-order valence-corrected chi connectivity index (χ4v) is 2.48. The van der Waals surface area contributed by atoms with Gasteiger partial charge >= 0.3 is 0 Å². The summed E-state index contributed by atoms with van der Waals surface area (Å²) in [6, 6.07) is 9.28. The zero-order valence-electron chi connectivity index (χ0n) is 10.9. The largest absolute Gasteiger partial charge is 0.382 e. The molecule has 0 aliphatic carbocycles. The quantitative estimate of drug-likeness (QED) is 0.859. The van der Waals surface area contributed by atoms with Crippen molar-refractivity contribution in [1.29, 1.82) is 0 Å². The summed E-state index contributed by atoms with van der Waals surface area (Å²) in [5.74, 6) is 0.744. The van der Waals surface area contributed by atoms with Gasteiger partial charge in [-0.2, -0.15) is 0 Å². The number of ether oxygens (including phenoxy) is 1. The maximum Gasteiger partial charge on any atom is 0.0469 e. The van der Waals surface area contributed by atoms with Crippen molar-refractivity contribution >= 4 is 5.69 Å². The van der Waals surface area contributed by atoms with E-state index in [1.54, 1.807) is 0 Å². The molecule has 0 radical (unpaired) electrons. The van der Waals surface area contributed by atoms with Crippen LogP contribution >= 0.6 is 0 Å². The van der Waals surface area contributed by atoms with Crippen LogP contribution in [-0.2, 0) is 11.2 Å². The van der Waals surface area contributed by atoms with Crippen LogP contribution in [0.5, 0.6) is 0 Å². The Morgan fingerprint density at radius 1 is 1.35 bits per heavy atom. The first-order chi connectivity index (χ1) is 8.29. The molecule has 17 heavy (non-hydrogen) atoms. The molecule has 0 amide bonds. The fraction of sp³-hybridized carbons (Fsp3) is 0.600. The molecule has 1 aliphatic rings. The maximum absolute atomic E-state index is 5.41. The van der Waals surface area contributed by atoms with Crippen LogP contribution in [0.25, 0.3) is 0 Å². The summed E-state index contributed by atoms with van der Waals surface area (Å²) in [6.07, 6.45) is 3.46. The lowest BCUT2D eigenvalue weighted by molar-refractivity contribution is 0.0622. The third-order valence-electron chi connectivity index (χ3n) is 3.70. The topological polar surface area (TPSA) is 21.3 Å². The van der Waals surface area contributed by atoms with E-state index in [-0.39, 0.29) is 0 Å². The normalized spacial score (nSPS) is 18.9. The van der Waals surface area contributed by atoms with E-state index in [1.165, 1.54) is 24.1 Å². The number of rotatable bonds is 4. The zero-order valence-corrected chi connectivity index (χ0v) is 10.9. The Balaban J connectivity index is 1.94. The van der Waals surface area contributed by atoms with Gasteiger partial charge in [-0.05, 0) is 49.8 Å². The lowest BCUT2D eigenvalue weighted by Crippen LogP contribution is -2.30. The third-order valence-corrected chi connectivity index (χ3v) is 3.70. The van der Waals surface area contributed by atoms with Gasteiger partial charge in [0.2, 0.25) is 0 Å². The minimum atomic E-state index is 0.533. The molecule has 1 aliphatic heterocycles. The van der Waals surface area contributed by atoms with Crippen molar-refractivity contribution < 1.29 is 4.74 Å². The summed E-state index contributed by atoms with van der Waals surface area (Å²) in [7, 11) is 0. The molecule has 1 N–H and O–H groups in total. The van der Waals surface area contributed by atoms with Gasteiger partial charge in [0.15, 0.2) is 0 Å². The van der Waals surface area contributed by atoms with E-state index in [0.717, 1.165) is 25.6 Å². The van der Waals surface area contributed by atoms with Crippen LogP contribution in [0.1, 0.15) is 32.3 Å². The first kappa shape index (κ1) is 12.4. The zero-order chi connectivity index (χ0) is 12.1. The average Bonchev–Trinajstić information content (AvgIpc) is 2.40. The molecule has 1 unspecified atom stereocenters. The van der Waals surface area contributed by atoms with Crippen molar-refractivity contribution in [3.63, 3.8) is 0 Å². The highest BCUT2D eigenvalue weighted by Crippen LogP contribution is 2.22. The van der Waals surface area contributed by atoms with Crippen molar-refractivity contribution in [2.75, 3.05) is 18.5 Å². The van der Waals surface area contributed by atoms with Crippen LogP contribution in [-0.4, -0.2) is 19.3 Å². The smallest absolute Gasteiger partial charge is 0.0469 e. The Hall–Kier alpha value is -1.02. The molecule has 0 saturated carbocycles. The van der Waals surface area contributed by atoms with Gasteiger partial charge < -0.3 is 10.1 Å². The molecule has 0 spiro atoms. The predicted molar refractivity (Wildman–Crippen MR) is 72.4 cm³/mol. The second kappa shape index (κ2) is 6.06. The molecule has 1 fully saturated rings. The van der Waals surface area contributed by atoms with Gasteiger partial charge in [0.1, 0.15) is 0 Å². The van der Waals surface area contributed by atoms with E-state index in [0.29, 0.717) is 6.04 Å². The van der Waals surface area contributed by atoms with Crippen molar-refractivity contribution in [1.82, 2.24) is 0 Å². The van der Waals surface area contributed by atoms with Crippen LogP contribution in [0.4, 0.5) is 5.69 Å². The summed E-state index contributed by atoms with van der Waals surface area (Å²) in [5.41, 5.74) is 2.65. The third kappa shape index (κ3) is 3.47. The van der Waals surface area contributed by atoms with Gasteiger partial charge in [0, 0.05) is 24.9 Å². The van der Waals surface area contributed by atoms with Crippen LogP contribution in [0.3, 0.4) is 0 Å². The van der Waals surface area contributed by atoms with E-state index in [9.17, 15) is 0 Å². The molecule has 1 saturated heterocycles. The molecule has 2 rings (SSSR count). The van der Waals surface area contributed by atoms with Crippen LogP contribution in [0, 0.1) is 5.92 Å². The minimum absolute atomic E-state index is 0.533. The molecule has 2 heteroatoms. The summed E-state index contributed by atoms with van der Waals surface area (Å²) in [4.78, 5) is 0. The predicted octanol–water partition coefficient (Wildman–Crippen LogP) is 3.48. The Kier molecular flexibility index (Phi) is 4.43. The summed E-state index contributed by atoms with van der Waals surface area (Å²) >= 11 is 0. The number of anilines is 1. The number of hydrogen-bond donors (Lipinski definition) is 1. The number of benzene rings is 1. The molecule has 1 heterocycles. The van der Waals surface area contributed by atoms with Crippen LogP contribution in [0.2, 0.25) is 0 Å². The van der Waals surface area contributed by atoms with Gasteiger partial charge in [0.05, 0.1) is 0 Å². The number of aryl methyl sites for hydroxylation is 1. The van der Waals surface area contributed by atoms with E-state index in [4.69, 9.17) is 4.74 Å². The van der Waals surface area contributed by atoms with E-state index in [2.05, 4.69) is 43.4 Å². The monoisotopic (exact) mass is 233 g/mol. The molecular weight excluding hydrogens is 210 g/mol. The Labute approximate surface area is 104 Å². The molecule has 1 aromatic rings. The Morgan fingerprint density at radius 2 is 2.12 bits per heavy atom. The summed E-state index contributed by atoms with van der Waals surface area (Å²) in [6.45, 7) is 6.33. The molecule has 1 atom stereocenters. The van der Waals surface area contributed by atoms with Crippen molar-refractivity contribution in [3.8, 4) is 0 Å².